The van der Waals surface area contributed by atoms with E-state index in [1.165, 1.54) is 11.1 Å². The summed E-state index contributed by atoms with van der Waals surface area (Å²) in [7, 11) is 2.13. The third-order valence-corrected chi connectivity index (χ3v) is 5.88. The van der Waals surface area contributed by atoms with Crippen LogP contribution in [0.5, 0.6) is 0 Å². The topological polar surface area (TPSA) is 89.8 Å². The first-order valence-electron chi connectivity index (χ1n) is 11.2. The largest absolute Gasteiger partial charge is 0.389 e. The van der Waals surface area contributed by atoms with Crippen LogP contribution in [0.2, 0.25) is 0 Å². The molecule has 0 fully saturated rings. The number of hydrogen-bond acceptors (Lipinski definition) is 8. The minimum Gasteiger partial charge on any atom is -0.389 e. The van der Waals surface area contributed by atoms with Crippen LogP contribution in [0.4, 0.5) is 11.6 Å². The molecule has 0 bridgehead atoms. The number of aromatic nitrogens is 3. The maximum Gasteiger partial charge on any atom is 0.227 e. The van der Waals surface area contributed by atoms with Crippen molar-refractivity contribution in [2.75, 3.05) is 25.5 Å². The average molecular weight is 444 g/mol. The van der Waals surface area contributed by atoms with Crippen molar-refractivity contribution in [3.05, 3.63) is 77.4 Å². The molecule has 8 nitrogen and oxygen atoms in total. The number of β-amino-alcohol motifs (C(OH)–C–C–N with tert-alkyl or cyclic N) is 1. The summed E-state index contributed by atoms with van der Waals surface area (Å²) >= 11 is 0. The van der Waals surface area contributed by atoms with Gasteiger partial charge in [0.2, 0.25) is 5.95 Å². The molecule has 2 aromatic heterocycles. The van der Waals surface area contributed by atoms with E-state index in [2.05, 4.69) is 45.4 Å². The Morgan fingerprint density at radius 1 is 1.12 bits per heavy atom. The van der Waals surface area contributed by atoms with Crippen molar-refractivity contribution >= 4 is 17.3 Å². The number of nitrogens with zero attached hydrogens (tertiary/aromatic N) is 6. The maximum absolute atomic E-state index is 10.3. The summed E-state index contributed by atoms with van der Waals surface area (Å²) in [6.07, 6.45) is 5.36. The number of hydrazone groups is 1. The Morgan fingerprint density at radius 2 is 1.97 bits per heavy atom. The third kappa shape index (κ3) is 4.86. The van der Waals surface area contributed by atoms with E-state index < -0.39 is 5.60 Å². The van der Waals surface area contributed by atoms with Crippen molar-refractivity contribution < 1.29 is 5.11 Å². The molecular formula is C25H29N7O. The van der Waals surface area contributed by atoms with Gasteiger partial charge in [0.1, 0.15) is 0 Å². The maximum atomic E-state index is 10.3. The van der Waals surface area contributed by atoms with E-state index in [0.717, 1.165) is 35.7 Å². The Hall–Kier alpha value is -3.36. The number of nitrogens with one attached hydrogen (secondary N) is 1. The number of pyridine rings is 1. The van der Waals surface area contributed by atoms with Crippen LogP contribution < -0.4 is 5.32 Å². The zero-order chi connectivity index (χ0) is 23.0. The fraction of sp³-hybridized carbons (Fsp3) is 0.360. The first-order valence-corrected chi connectivity index (χ1v) is 11.2. The van der Waals surface area contributed by atoms with Crippen LogP contribution >= 0.6 is 0 Å². The molecule has 2 aliphatic heterocycles. The molecule has 2 N–H and O–H groups in total. The molecule has 4 heterocycles. The van der Waals surface area contributed by atoms with Crippen molar-refractivity contribution in [2.45, 2.75) is 38.5 Å². The monoisotopic (exact) mass is 443 g/mol. The number of hydrogen-bond donors (Lipinski definition) is 2. The standard InChI is InChI=1S/C25H29N7O/c1-25(2,33)16-32-15-21(23(30-32)17-5-4-9-26-12-17)22-8-10-27-24(29-22)28-20-7-6-18-13-31(3)14-19(18)11-20/h4-12,21,33H,13-16H2,1-3H3,(H,27,28,29). The van der Waals surface area contributed by atoms with Crippen LogP contribution in [-0.2, 0) is 13.1 Å². The minimum atomic E-state index is -0.849. The van der Waals surface area contributed by atoms with E-state index >= 15 is 0 Å². The van der Waals surface area contributed by atoms with Crippen LogP contribution in [0.3, 0.4) is 0 Å². The molecule has 0 amide bonds. The lowest BCUT2D eigenvalue weighted by Gasteiger charge is -2.24. The lowest BCUT2D eigenvalue weighted by Crippen LogP contribution is -2.35. The number of fused-ring (bicyclic) bond motifs is 1. The Morgan fingerprint density at radius 3 is 2.76 bits per heavy atom. The van der Waals surface area contributed by atoms with Crippen LogP contribution in [0.25, 0.3) is 0 Å². The first-order chi connectivity index (χ1) is 15.8. The molecule has 170 valence electrons. The van der Waals surface area contributed by atoms with Crippen LogP contribution in [0.15, 0.2) is 60.1 Å². The van der Waals surface area contributed by atoms with Gasteiger partial charge in [0.25, 0.3) is 0 Å². The number of rotatable bonds is 6. The van der Waals surface area contributed by atoms with Gasteiger partial charge < -0.3 is 10.4 Å². The summed E-state index contributed by atoms with van der Waals surface area (Å²) in [5.74, 6) is 0.513. The van der Waals surface area contributed by atoms with Crippen molar-refractivity contribution in [1.29, 1.82) is 0 Å². The second-order valence-corrected chi connectivity index (χ2v) is 9.52. The van der Waals surface area contributed by atoms with Gasteiger partial charge in [-0.25, -0.2) is 9.97 Å². The predicted octanol–water partition coefficient (Wildman–Crippen LogP) is 3.14. The second kappa shape index (κ2) is 8.53. The summed E-state index contributed by atoms with van der Waals surface area (Å²) < 4.78 is 0. The van der Waals surface area contributed by atoms with Gasteiger partial charge in [-0.2, -0.15) is 5.10 Å². The molecule has 1 atom stereocenters. The normalized spacial score (nSPS) is 18.4. The SMILES string of the molecule is CN1Cc2ccc(Nc3nccc(C4CN(CC(C)(C)O)N=C4c4cccnc4)n3)cc2C1. The Bertz CT molecular complexity index is 1170. The van der Waals surface area contributed by atoms with Gasteiger partial charge in [-0.1, -0.05) is 6.07 Å². The molecule has 0 spiro atoms. The molecule has 8 heteroatoms. The van der Waals surface area contributed by atoms with Gasteiger partial charge >= 0.3 is 0 Å². The van der Waals surface area contributed by atoms with E-state index in [4.69, 9.17) is 10.1 Å². The fourth-order valence-electron chi connectivity index (χ4n) is 4.51. The highest BCUT2D eigenvalue weighted by Gasteiger charge is 2.32. The van der Waals surface area contributed by atoms with Crippen molar-refractivity contribution in [2.24, 2.45) is 5.10 Å². The van der Waals surface area contributed by atoms with Crippen LogP contribution in [-0.4, -0.2) is 61.4 Å². The van der Waals surface area contributed by atoms with Crippen molar-refractivity contribution in [1.82, 2.24) is 24.9 Å². The lowest BCUT2D eigenvalue weighted by molar-refractivity contribution is 0.0400. The molecule has 0 radical (unpaired) electrons. The van der Waals surface area contributed by atoms with Crippen molar-refractivity contribution in [3.63, 3.8) is 0 Å². The van der Waals surface area contributed by atoms with Gasteiger partial charge in [-0.15, -0.1) is 0 Å². The van der Waals surface area contributed by atoms with Gasteiger partial charge in [-0.05, 0) is 62.4 Å². The molecule has 0 aliphatic carbocycles. The quantitative estimate of drug-likeness (QED) is 0.605. The molecule has 2 aliphatic rings. The molecule has 1 unspecified atom stereocenters. The summed E-state index contributed by atoms with van der Waals surface area (Å²) in [6.45, 7) is 6.60. The highest BCUT2D eigenvalue weighted by atomic mass is 16.3. The van der Waals surface area contributed by atoms with Crippen LogP contribution in [0, 0.1) is 0 Å². The fourth-order valence-corrected chi connectivity index (χ4v) is 4.51. The molecule has 5 rings (SSSR count). The minimum absolute atomic E-state index is 0.0474. The Labute approximate surface area is 194 Å². The number of benzene rings is 1. The lowest BCUT2D eigenvalue weighted by atomic mass is 9.95. The van der Waals surface area contributed by atoms with Gasteiger partial charge in [0.15, 0.2) is 0 Å². The smallest absolute Gasteiger partial charge is 0.227 e. The van der Waals surface area contributed by atoms with E-state index in [9.17, 15) is 5.11 Å². The highest BCUT2D eigenvalue weighted by molar-refractivity contribution is 6.05. The van der Waals surface area contributed by atoms with E-state index in [1.54, 1.807) is 26.2 Å². The summed E-state index contributed by atoms with van der Waals surface area (Å²) in [6, 6.07) is 12.3. The molecule has 1 aromatic carbocycles. The van der Waals surface area contributed by atoms with Crippen molar-refractivity contribution in [3.8, 4) is 0 Å². The van der Waals surface area contributed by atoms with E-state index in [0.29, 0.717) is 19.0 Å². The Balaban J connectivity index is 1.41. The second-order valence-electron chi connectivity index (χ2n) is 9.52. The number of aliphatic hydroxyl groups is 1. The molecule has 33 heavy (non-hydrogen) atoms. The summed E-state index contributed by atoms with van der Waals surface area (Å²) in [5.41, 5.74) is 5.58. The molecule has 3 aromatic rings. The third-order valence-electron chi connectivity index (χ3n) is 5.88. The van der Waals surface area contributed by atoms with E-state index in [-0.39, 0.29) is 5.92 Å². The molecule has 0 saturated carbocycles. The molecule has 0 saturated heterocycles. The first kappa shape index (κ1) is 21.5. The summed E-state index contributed by atoms with van der Waals surface area (Å²) in [5, 5.41) is 20.4. The number of anilines is 2. The zero-order valence-corrected chi connectivity index (χ0v) is 19.2. The highest BCUT2D eigenvalue weighted by Crippen LogP contribution is 2.30. The van der Waals surface area contributed by atoms with Gasteiger partial charge in [0, 0.05) is 42.9 Å². The Kier molecular flexibility index (Phi) is 5.55. The van der Waals surface area contributed by atoms with Gasteiger partial charge in [-0.3, -0.25) is 14.9 Å². The van der Waals surface area contributed by atoms with E-state index in [1.807, 2.05) is 29.4 Å². The van der Waals surface area contributed by atoms with Gasteiger partial charge in [0.05, 0.1) is 36.0 Å². The average Bonchev–Trinajstić information content (AvgIpc) is 3.35. The zero-order valence-electron chi connectivity index (χ0n) is 19.2. The summed E-state index contributed by atoms with van der Waals surface area (Å²) in [4.78, 5) is 15.9. The van der Waals surface area contributed by atoms with Crippen LogP contribution in [0.1, 0.15) is 42.1 Å². The predicted molar refractivity (Wildman–Crippen MR) is 128 cm³/mol. The molecular weight excluding hydrogens is 414 g/mol.